The van der Waals surface area contributed by atoms with Crippen LogP contribution in [0.4, 0.5) is 5.69 Å². The average Bonchev–Trinajstić information content (AvgIpc) is 3.04. The number of benzene rings is 1. The Morgan fingerprint density at radius 3 is 2.52 bits per heavy atom. The van der Waals surface area contributed by atoms with Gasteiger partial charge in [-0.3, -0.25) is 9.59 Å². The number of anilines is 1. The lowest BCUT2D eigenvalue weighted by Gasteiger charge is -2.19. The molecule has 2 N–H and O–H groups in total. The lowest BCUT2D eigenvalue weighted by atomic mass is 10.1. The number of likely N-dealkylation sites (N-methyl/N-ethyl adjacent to an activating group) is 1. The number of nitrogens with zero attached hydrogens (tertiary/aromatic N) is 1. The summed E-state index contributed by atoms with van der Waals surface area (Å²) in [5.41, 5.74) is 4.04. The topological polar surface area (TPSA) is 70.7 Å². The zero-order valence-corrected chi connectivity index (χ0v) is 15.6. The largest absolute Gasteiger partial charge is 0.377 e. The van der Waals surface area contributed by atoms with Crippen LogP contribution < -0.4 is 10.6 Å². The molecule has 138 valence electrons. The molecular weight excluding hydrogens is 318 g/mol. The van der Waals surface area contributed by atoms with Crippen molar-refractivity contribution in [3.63, 3.8) is 0 Å². The molecule has 0 aromatic heterocycles. The molecule has 1 fully saturated rings. The van der Waals surface area contributed by atoms with E-state index in [1.807, 2.05) is 32.9 Å². The van der Waals surface area contributed by atoms with Crippen LogP contribution in [-0.4, -0.2) is 56.1 Å². The molecule has 0 bridgehead atoms. The number of carbonyl (C=O) groups is 2. The number of hydrogen-bond donors (Lipinski definition) is 2. The minimum absolute atomic E-state index is 0.0349. The number of rotatable bonds is 7. The molecule has 6 nitrogen and oxygen atoms in total. The van der Waals surface area contributed by atoms with Gasteiger partial charge in [-0.15, -0.1) is 0 Å². The zero-order valence-electron chi connectivity index (χ0n) is 15.6. The fourth-order valence-electron chi connectivity index (χ4n) is 3.14. The van der Waals surface area contributed by atoms with Crippen LogP contribution in [0.25, 0.3) is 0 Å². The van der Waals surface area contributed by atoms with Crippen LogP contribution >= 0.6 is 0 Å². The van der Waals surface area contributed by atoms with Crippen molar-refractivity contribution in [2.45, 2.75) is 39.7 Å². The average molecular weight is 347 g/mol. The summed E-state index contributed by atoms with van der Waals surface area (Å²) < 4.78 is 5.51. The molecule has 1 aromatic rings. The molecule has 1 aromatic carbocycles. The first kappa shape index (κ1) is 19.4. The minimum atomic E-state index is -0.190. The SMILES string of the molecule is Cc1cc(C)c(NC(=O)CN(C)C(=O)CNCC2CCCO2)c(C)c1. The van der Waals surface area contributed by atoms with E-state index in [2.05, 4.69) is 10.6 Å². The van der Waals surface area contributed by atoms with Crippen LogP contribution in [0.3, 0.4) is 0 Å². The van der Waals surface area contributed by atoms with Gasteiger partial charge in [-0.2, -0.15) is 0 Å². The summed E-state index contributed by atoms with van der Waals surface area (Å²) >= 11 is 0. The lowest BCUT2D eigenvalue weighted by molar-refractivity contribution is -0.132. The second kappa shape index (κ2) is 8.97. The monoisotopic (exact) mass is 347 g/mol. The van der Waals surface area contributed by atoms with E-state index in [0.717, 1.165) is 41.8 Å². The fourth-order valence-corrected chi connectivity index (χ4v) is 3.14. The van der Waals surface area contributed by atoms with Crippen molar-refractivity contribution in [1.29, 1.82) is 0 Å². The van der Waals surface area contributed by atoms with Crippen molar-refractivity contribution >= 4 is 17.5 Å². The smallest absolute Gasteiger partial charge is 0.243 e. The first-order chi connectivity index (χ1) is 11.9. The van der Waals surface area contributed by atoms with Gasteiger partial charge in [-0.05, 0) is 44.7 Å². The quantitative estimate of drug-likeness (QED) is 0.789. The number of nitrogens with one attached hydrogen (secondary N) is 2. The van der Waals surface area contributed by atoms with E-state index in [4.69, 9.17) is 4.74 Å². The standard InChI is InChI=1S/C19H29N3O3/c1-13-8-14(2)19(15(3)9-13)21-17(23)12-22(4)18(24)11-20-10-16-6-5-7-25-16/h8-9,16,20H,5-7,10-12H2,1-4H3,(H,21,23). The van der Waals surface area contributed by atoms with E-state index in [9.17, 15) is 9.59 Å². The Labute approximate surface area is 149 Å². The molecule has 6 heteroatoms. The molecule has 1 aliphatic rings. The first-order valence-electron chi connectivity index (χ1n) is 8.81. The van der Waals surface area contributed by atoms with E-state index >= 15 is 0 Å². The third-order valence-corrected chi connectivity index (χ3v) is 4.42. The van der Waals surface area contributed by atoms with Crippen molar-refractivity contribution in [3.05, 3.63) is 28.8 Å². The Balaban J connectivity index is 1.78. The Morgan fingerprint density at radius 2 is 1.92 bits per heavy atom. The molecule has 0 radical (unpaired) electrons. The highest BCUT2D eigenvalue weighted by Gasteiger charge is 2.17. The molecule has 2 rings (SSSR count). The number of aryl methyl sites for hydroxylation is 3. The highest BCUT2D eigenvalue weighted by atomic mass is 16.5. The predicted octanol–water partition coefficient (Wildman–Crippen LogP) is 1.78. The molecule has 1 atom stereocenters. The van der Waals surface area contributed by atoms with Crippen LogP contribution in [0.1, 0.15) is 29.5 Å². The van der Waals surface area contributed by atoms with Gasteiger partial charge in [-0.1, -0.05) is 17.7 Å². The van der Waals surface area contributed by atoms with Gasteiger partial charge < -0.3 is 20.3 Å². The molecule has 1 saturated heterocycles. The van der Waals surface area contributed by atoms with Crippen molar-refractivity contribution in [2.24, 2.45) is 0 Å². The van der Waals surface area contributed by atoms with E-state index in [-0.39, 0.29) is 31.0 Å². The van der Waals surface area contributed by atoms with E-state index in [1.54, 1.807) is 7.05 Å². The van der Waals surface area contributed by atoms with Crippen LogP contribution in [0.5, 0.6) is 0 Å². The van der Waals surface area contributed by atoms with Crippen molar-refractivity contribution < 1.29 is 14.3 Å². The van der Waals surface area contributed by atoms with Crippen molar-refractivity contribution in [3.8, 4) is 0 Å². The second-order valence-electron chi connectivity index (χ2n) is 6.84. The number of carbonyl (C=O) groups excluding carboxylic acids is 2. The van der Waals surface area contributed by atoms with Crippen LogP contribution in [0.15, 0.2) is 12.1 Å². The maximum atomic E-state index is 12.3. The minimum Gasteiger partial charge on any atom is -0.377 e. The van der Waals surface area contributed by atoms with Gasteiger partial charge in [0.2, 0.25) is 11.8 Å². The van der Waals surface area contributed by atoms with Gasteiger partial charge >= 0.3 is 0 Å². The molecule has 1 heterocycles. The molecule has 0 saturated carbocycles. The van der Waals surface area contributed by atoms with Gasteiger partial charge in [0.1, 0.15) is 0 Å². The number of hydrogen-bond acceptors (Lipinski definition) is 4. The zero-order chi connectivity index (χ0) is 18.4. The summed E-state index contributed by atoms with van der Waals surface area (Å²) in [4.78, 5) is 25.8. The number of amides is 2. The molecule has 1 unspecified atom stereocenters. The molecular formula is C19H29N3O3. The van der Waals surface area contributed by atoms with E-state index in [1.165, 1.54) is 4.90 Å². The van der Waals surface area contributed by atoms with Crippen molar-refractivity contribution in [2.75, 3.05) is 38.6 Å². The van der Waals surface area contributed by atoms with Crippen LogP contribution in [0.2, 0.25) is 0 Å². The summed E-state index contributed by atoms with van der Waals surface area (Å²) in [6, 6.07) is 4.07. The summed E-state index contributed by atoms with van der Waals surface area (Å²) in [6.45, 7) is 7.70. The number of ether oxygens (including phenoxy) is 1. The predicted molar refractivity (Wildman–Crippen MR) is 98.8 cm³/mol. The van der Waals surface area contributed by atoms with Gasteiger partial charge in [0.05, 0.1) is 19.2 Å². The maximum absolute atomic E-state index is 12.3. The Hall–Kier alpha value is -1.92. The van der Waals surface area contributed by atoms with E-state index in [0.29, 0.717) is 6.54 Å². The van der Waals surface area contributed by atoms with Gasteiger partial charge in [0.25, 0.3) is 0 Å². The highest BCUT2D eigenvalue weighted by molar-refractivity contribution is 5.95. The fraction of sp³-hybridized carbons (Fsp3) is 0.579. The lowest BCUT2D eigenvalue weighted by Crippen LogP contribution is -2.41. The first-order valence-corrected chi connectivity index (χ1v) is 8.81. The normalized spacial score (nSPS) is 16.7. The summed E-state index contributed by atoms with van der Waals surface area (Å²) in [6.07, 6.45) is 2.32. The second-order valence-corrected chi connectivity index (χ2v) is 6.84. The summed E-state index contributed by atoms with van der Waals surface area (Å²) in [7, 11) is 1.64. The molecule has 0 aliphatic carbocycles. The molecule has 2 amide bonds. The summed E-state index contributed by atoms with van der Waals surface area (Å²) in [5.74, 6) is -0.296. The Bertz CT molecular complexity index is 601. The maximum Gasteiger partial charge on any atom is 0.243 e. The van der Waals surface area contributed by atoms with Gasteiger partial charge in [0, 0.05) is 25.9 Å². The summed E-state index contributed by atoms with van der Waals surface area (Å²) in [5, 5.41) is 6.03. The third-order valence-electron chi connectivity index (χ3n) is 4.42. The highest BCUT2D eigenvalue weighted by Crippen LogP contribution is 2.21. The van der Waals surface area contributed by atoms with Gasteiger partial charge in [-0.25, -0.2) is 0 Å². The molecule has 0 spiro atoms. The van der Waals surface area contributed by atoms with E-state index < -0.39 is 0 Å². The molecule has 25 heavy (non-hydrogen) atoms. The van der Waals surface area contributed by atoms with Crippen LogP contribution in [0, 0.1) is 20.8 Å². The molecule has 1 aliphatic heterocycles. The van der Waals surface area contributed by atoms with Gasteiger partial charge in [0.15, 0.2) is 0 Å². The van der Waals surface area contributed by atoms with Crippen LogP contribution in [-0.2, 0) is 14.3 Å². The third kappa shape index (κ3) is 5.83. The van der Waals surface area contributed by atoms with Crippen molar-refractivity contribution in [1.82, 2.24) is 10.2 Å². The Morgan fingerprint density at radius 1 is 1.24 bits per heavy atom. The Kier molecular flexibility index (Phi) is 6.96.